The molecule has 2 amide bonds. The highest BCUT2D eigenvalue weighted by Crippen LogP contribution is 2.37. The summed E-state index contributed by atoms with van der Waals surface area (Å²) < 4.78 is 77.5. The van der Waals surface area contributed by atoms with Crippen LogP contribution < -0.4 is 9.62 Å². The van der Waals surface area contributed by atoms with Gasteiger partial charge < -0.3 is 5.32 Å². The van der Waals surface area contributed by atoms with Crippen LogP contribution in [-0.4, -0.2) is 6.03 Å². The summed E-state index contributed by atoms with van der Waals surface area (Å²) in [5.41, 5.74) is -3.42. The van der Waals surface area contributed by atoms with E-state index in [1.807, 2.05) is 5.32 Å². The van der Waals surface area contributed by atoms with E-state index in [1.54, 1.807) is 18.2 Å². The molecule has 0 atom stereocenters. The van der Waals surface area contributed by atoms with Crippen LogP contribution in [0.25, 0.3) is 0 Å². The molecule has 0 unspecified atom stereocenters. The second-order valence-corrected chi connectivity index (χ2v) is 5.27. The second-order valence-electron chi connectivity index (χ2n) is 4.87. The summed E-state index contributed by atoms with van der Waals surface area (Å²) >= 11 is 3.89. The molecular formula is C15H10F6N2OS. The number of nitrogens with zero attached hydrogens (tertiary/aromatic N) is 1. The Kier molecular flexibility index (Phi) is 5.21. The average Bonchev–Trinajstić information content (AvgIpc) is 2.53. The number of anilines is 2. The van der Waals surface area contributed by atoms with Crippen molar-refractivity contribution in [2.24, 2.45) is 0 Å². The number of benzene rings is 2. The van der Waals surface area contributed by atoms with Crippen molar-refractivity contribution in [3.8, 4) is 0 Å². The molecule has 0 aliphatic rings. The Morgan fingerprint density at radius 2 is 1.36 bits per heavy atom. The lowest BCUT2D eigenvalue weighted by atomic mass is 10.1. The summed E-state index contributed by atoms with van der Waals surface area (Å²) in [5.74, 6) is 0. The van der Waals surface area contributed by atoms with E-state index in [4.69, 9.17) is 0 Å². The van der Waals surface area contributed by atoms with Crippen molar-refractivity contribution in [2.75, 3.05) is 9.62 Å². The van der Waals surface area contributed by atoms with E-state index in [-0.39, 0.29) is 11.8 Å². The summed E-state index contributed by atoms with van der Waals surface area (Å²) in [6, 6.07) is 7.59. The molecule has 134 valence electrons. The van der Waals surface area contributed by atoms with Crippen molar-refractivity contribution in [3.05, 3.63) is 59.7 Å². The fourth-order valence-electron chi connectivity index (χ4n) is 1.89. The average molecular weight is 380 g/mol. The van der Waals surface area contributed by atoms with Crippen LogP contribution in [0.5, 0.6) is 0 Å². The van der Waals surface area contributed by atoms with E-state index in [2.05, 4.69) is 12.8 Å². The van der Waals surface area contributed by atoms with Gasteiger partial charge in [0.1, 0.15) is 0 Å². The zero-order valence-electron chi connectivity index (χ0n) is 12.2. The van der Waals surface area contributed by atoms with E-state index in [9.17, 15) is 31.1 Å². The van der Waals surface area contributed by atoms with Crippen molar-refractivity contribution in [3.63, 3.8) is 0 Å². The molecule has 1 N–H and O–H groups in total. The Hall–Kier alpha value is -2.36. The van der Waals surface area contributed by atoms with Gasteiger partial charge in [0.25, 0.3) is 0 Å². The number of nitrogens with one attached hydrogen (secondary N) is 1. The van der Waals surface area contributed by atoms with Gasteiger partial charge in [-0.1, -0.05) is 31.0 Å². The van der Waals surface area contributed by atoms with Crippen LogP contribution in [0, 0.1) is 0 Å². The Labute approximate surface area is 143 Å². The predicted molar refractivity (Wildman–Crippen MR) is 83.4 cm³/mol. The molecule has 0 bridgehead atoms. The molecule has 0 saturated carbocycles. The van der Waals surface area contributed by atoms with Crippen molar-refractivity contribution in [1.82, 2.24) is 0 Å². The first-order valence-corrected chi connectivity index (χ1v) is 7.03. The van der Waals surface area contributed by atoms with E-state index in [0.717, 1.165) is 4.31 Å². The first kappa shape index (κ1) is 19.0. The zero-order chi connectivity index (χ0) is 18.8. The molecule has 0 saturated heterocycles. The van der Waals surface area contributed by atoms with Gasteiger partial charge in [0.05, 0.1) is 16.8 Å². The Morgan fingerprint density at radius 1 is 0.880 bits per heavy atom. The summed E-state index contributed by atoms with van der Waals surface area (Å²) in [6.45, 7) is 0. The van der Waals surface area contributed by atoms with Crippen LogP contribution in [0.1, 0.15) is 11.1 Å². The number of hydrogen-bond acceptors (Lipinski definition) is 2. The smallest absolute Gasteiger partial charge is 0.307 e. The number of halogens is 6. The molecule has 0 radical (unpaired) electrons. The molecule has 10 heteroatoms. The Bertz CT molecular complexity index is 729. The summed E-state index contributed by atoms with van der Waals surface area (Å²) in [4.78, 5) is 12.0. The zero-order valence-corrected chi connectivity index (χ0v) is 13.1. The molecule has 0 aliphatic heterocycles. The number of alkyl halides is 6. The molecule has 2 rings (SSSR count). The van der Waals surface area contributed by atoms with Gasteiger partial charge >= 0.3 is 18.4 Å². The maximum atomic E-state index is 12.8. The fourth-order valence-corrected chi connectivity index (χ4v) is 2.07. The lowest BCUT2D eigenvalue weighted by Crippen LogP contribution is -2.27. The van der Waals surface area contributed by atoms with Crippen LogP contribution in [0.4, 0.5) is 42.5 Å². The highest BCUT2D eigenvalue weighted by Gasteiger charge is 2.37. The first-order chi connectivity index (χ1) is 11.5. The normalized spacial score (nSPS) is 12.0. The van der Waals surface area contributed by atoms with Gasteiger partial charge in [-0.05, 0) is 30.3 Å². The maximum absolute atomic E-state index is 12.8. The Morgan fingerprint density at radius 3 is 1.80 bits per heavy atom. The molecule has 3 nitrogen and oxygen atoms in total. The number of carbonyl (C=O) groups excluding carboxylic acids is 1. The third-order valence-electron chi connectivity index (χ3n) is 3.03. The van der Waals surface area contributed by atoms with Crippen LogP contribution in [0.15, 0.2) is 48.5 Å². The van der Waals surface area contributed by atoms with Crippen LogP contribution in [-0.2, 0) is 12.4 Å². The van der Waals surface area contributed by atoms with Crippen molar-refractivity contribution >= 4 is 30.2 Å². The van der Waals surface area contributed by atoms with Gasteiger partial charge in [0.15, 0.2) is 0 Å². The third kappa shape index (κ3) is 4.81. The number of amides is 2. The minimum atomic E-state index is -5.00. The number of hydrogen-bond donors (Lipinski definition) is 2. The summed E-state index contributed by atoms with van der Waals surface area (Å²) in [7, 11) is 0. The minimum Gasteiger partial charge on any atom is -0.307 e. The monoisotopic (exact) mass is 380 g/mol. The number of para-hydroxylation sites is 1. The van der Waals surface area contributed by atoms with Crippen molar-refractivity contribution in [1.29, 1.82) is 0 Å². The van der Waals surface area contributed by atoms with Gasteiger partial charge in [-0.3, -0.25) is 0 Å². The summed E-state index contributed by atoms with van der Waals surface area (Å²) in [5, 5.41) is 1.98. The number of urea groups is 1. The molecule has 0 heterocycles. The second kappa shape index (κ2) is 6.87. The van der Waals surface area contributed by atoms with Gasteiger partial charge in [-0.15, -0.1) is 0 Å². The van der Waals surface area contributed by atoms with Gasteiger partial charge in [0, 0.05) is 5.69 Å². The van der Waals surface area contributed by atoms with Crippen molar-refractivity contribution in [2.45, 2.75) is 12.4 Å². The van der Waals surface area contributed by atoms with Crippen LogP contribution in [0.2, 0.25) is 0 Å². The SMILES string of the molecule is O=C(Nc1cc(C(F)(F)F)cc(C(F)(F)F)c1)N(S)c1ccccc1. The standard InChI is InChI=1S/C15H10F6N2OS/c16-14(17,18)9-6-10(15(19,20)21)8-11(7-9)22-13(24)23(25)12-4-2-1-3-5-12/h1-8,25H,(H,22,24). The molecule has 2 aromatic carbocycles. The molecule has 0 fully saturated rings. The molecule has 25 heavy (non-hydrogen) atoms. The first-order valence-electron chi connectivity index (χ1n) is 6.63. The maximum Gasteiger partial charge on any atom is 0.416 e. The lowest BCUT2D eigenvalue weighted by Gasteiger charge is -2.18. The van der Waals surface area contributed by atoms with E-state index in [1.165, 1.54) is 12.1 Å². The number of carbonyl (C=O) groups is 1. The van der Waals surface area contributed by atoms with Gasteiger partial charge in [-0.2, -0.15) is 26.3 Å². The topological polar surface area (TPSA) is 32.3 Å². The minimum absolute atomic E-state index is 0.0225. The van der Waals surface area contributed by atoms with Gasteiger partial charge in [0.2, 0.25) is 0 Å². The van der Waals surface area contributed by atoms with E-state index >= 15 is 0 Å². The molecule has 0 aromatic heterocycles. The lowest BCUT2D eigenvalue weighted by molar-refractivity contribution is -0.143. The van der Waals surface area contributed by atoms with Crippen molar-refractivity contribution < 1.29 is 31.1 Å². The highest BCUT2D eigenvalue weighted by atomic mass is 32.1. The van der Waals surface area contributed by atoms with Crippen LogP contribution in [0.3, 0.4) is 0 Å². The van der Waals surface area contributed by atoms with Crippen LogP contribution >= 0.6 is 12.8 Å². The van der Waals surface area contributed by atoms with E-state index in [0.29, 0.717) is 12.1 Å². The quantitative estimate of drug-likeness (QED) is 0.515. The molecule has 2 aromatic rings. The number of rotatable bonds is 2. The Balaban J connectivity index is 2.33. The van der Waals surface area contributed by atoms with E-state index < -0.39 is 35.2 Å². The predicted octanol–water partition coefficient (Wildman–Crippen LogP) is 5.61. The third-order valence-corrected chi connectivity index (χ3v) is 3.44. The number of thiol groups is 1. The van der Waals surface area contributed by atoms with Gasteiger partial charge in [-0.25, -0.2) is 9.10 Å². The summed E-state index contributed by atoms with van der Waals surface area (Å²) in [6.07, 6.45) is -10.00. The highest BCUT2D eigenvalue weighted by molar-refractivity contribution is 7.82. The molecule has 0 spiro atoms. The largest absolute Gasteiger partial charge is 0.416 e. The molecular weight excluding hydrogens is 370 g/mol. The fraction of sp³-hybridized carbons (Fsp3) is 0.133. The molecule has 0 aliphatic carbocycles.